The average molecular weight is 214 g/mol. The third-order valence-electron chi connectivity index (χ3n) is 1.97. The first kappa shape index (κ1) is 14.2. The van der Waals surface area contributed by atoms with Gasteiger partial charge >= 0.3 is 5.97 Å². The van der Waals surface area contributed by atoms with Crippen LogP contribution < -0.4 is 0 Å². The van der Waals surface area contributed by atoms with Crippen molar-refractivity contribution >= 4 is 5.97 Å². The molecule has 0 aliphatic rings. The van der Waals surface area contributed by atoms with Gasteiger partial charge in [-0.1, -0.05) is 19.4 Å². The molecule has 0 saturated heterocycles. The number of rotatable bonds is 9. The Kier molecular flexibility index (Phi) is 9.18. The predicted octanol–water partition coefficient (Wildman–Crippen LogP) is 2.70. The summed E-state index contributed by atoms with van der Waals surface area (Å²) in [5.41, 5.74) is 0. The first-order chi connectivity index (χ1) is 7.26. The fraction of sp³-hybridized carbons (Fsp3) is 0.750. The Hall–Kier alpha value is -0.830. The van der Waals surface area contributed by atoms with Gasteiger partial charge in [0.15, 0.2) is 6.10 Å². The number of hydrogen-bond acceptors (Lipinski definition) is 3. The SMILES string of the molecule is C=CCCCOC(CCC)C(=O)OCC. The number of unbranched alkanes of at least 4 members (excludes halogenated alkanes) is 1. The van der Waals surface area contributed by atoms with Crippen LogP contribution in [0.25, 0.3) is 0 Å². The van der Waals surface area contributed by atoms with E-state index in [0.717, 1.165) is 25.7 Å². The Morgan fingerprint density at radius 1 is 1.47 bits per heavy atom. The summed E-state index contributed by atoms with van der Waals surface area (Å²) in [6.45, 7) is 8.47. The standard InChI is InChI=1S/C12H22O3/c1-4-7-8-10-15-11(9-5-2)12(13)14-6-3/h4,11H,1,5-10H2,2-3H3. The van der Waals surface area contributed by atoms with Crippen LogP contribution in [0.1, 0.15) is 39.5 Å². The zero-order valence-electron chi connectivity index (χ0n) is 9.83. The Balaban J connectivity index is 3.81. The lowest BCUT2D eigenvalue weighted by molar-refractivity contribution is -0.157. The second-order valence-electron chi connectivity index (χ2n) is 3.33. The zero-order chi connectivity index (χ0) is 11.5. The van der Waals surface area contributed by atoms with Gasteiger partial charge in [-0.2, -0.15) is 0 Å². The molecular formula is C12H22O3. The van der Waals surface area contributed by atoms with Crippen molar-refractivity contribution in [1.29, 1.82) is 0 Å². The summed E-state index contributed by atoms with van der Waals surface area (Å²) >= 11 is 0. The van der Waals surface area contributed by atoms with E-state index in [1.54, 1.807) is 6.92 Å². The minimum absolute atomic E-state index is 0.238. The van der Waals surface area contributed by atoms with Crippen molar-refractivity contribution in [2.45, 2.75) is 45.6 Å². The Bertz CT molecular complexity index is 178. The number of ether oxygens (including phenoxy) is 2. The van der Waals surface area contributed by atoms with Crippen LogP contribution >= 0.6 is 0 Å². The Labute approximate surface area is 92.5 Å². The first-order valence-electron chi connectivity index (χ1n) is 5.65. The molecule has 0 spiro atoms. The van der Waals surface area contributed by atoms with Gasteiger partial charge < -0.3 is 9.47 Å². The predicted molar refractivity (Wildman–Crippen MR) is 60.7 cm³/mol. The molecule has 0 heterocycles. The Morgan fingerprint density at radius 2 is 2.20 bits per heavy atom. The summed E-state index contributed by atoms with van der Waals surface area (Å²) in [7, 11) is 0. The van der Waals surface area contributed by atoms with Crippen molar-refractivity contribution in [3.05, 3.63) is 12.7 Å². The highest BCUT2D eigenvalue weighted by molar-refractivity contribution is 5.74. The molecule has 0 aliphatic heterocycles. The highest BCUT2D eigenvalue weighted by Crippen LogP contribution is 2.06. The van der Waals surface area contributed by atoms with Gasteiger partial charge in [0.2, 0.25) is 0 Å². The molecule has 0 bridgehead atoms. The molecule has 0 fully saturated rings. The summed E-state index contributed by atoms with van der Waals surface area (Å²) in [6, 6.07) is 0. The molecular weight excluding hydrogens is 192 g/mol. The summed E-state index contributed by atoms with van der Waals surface area (Å²) in [6.07, 6.45) is 4.94. The van der Waals surface area contributed by atoms with Crippen molar-refractivity contribution < 1.29 is 14.3 Å². The van der Waals surface area contributed by atoms with Crippen LogP contribution in [0.2, 0.25) is 0 Å². The molecule has 0 aliphatic carbocycles. The molecule has 1 atom stereocenters. The monoisotopic (exact) mass is 214 g/mol. The molecule has 0 amide bonds. The van der Waals surface area contributed by atoms with E-state index in [4.69, 9.17) is 9.47 Å². The maximum atomic E-state index is 11.4. The van der Waals surface area contributed by atoms with Crippen molar-refractivity contribution in [1.82, 2.24) is 0 Å². The van der Waals surface area contributed by atoms with E-state index in [1.165, 1.54) is 0 Å². The largest absolute Gasteiger partial charge is 0.464 e. The highest BCUT2D eigenvalue weighted by atomic mass is 16.6. The van der Waals surface area contributed by atoms with Crippen LogP contribution in [0.3, 0.4) is 0 Å². The zero-order valence-corrected chi connectivity index (χ0v) is 9.83. The summed E-state index contributed by atoms with van der Waals surface area (Å²) < 4.78 is 10.4. The van der Waals surface area contributed by atoms with E-state index in [-0.39, 0.29) is 12.1 Å². The molecule has 0 rings (SSSR count). The van der Waals surface area contributed by atoms with Gasteiger partial charge in [-0.05, 0) is 26.2 Å². The molecule has 3 heteroatoms. The number of carbonyl (C=O) groups excluding carboxylic acids is 1. The normalized spacial score (nSPS) is 12.1. The molecule has 1 unspecified atom stereocenters. The number of carbonyl (C=O) groups is 1. The van der Waals surface area contributed by atoms with Gasteiger partial charge in [-0.3, -0.25) is 0 Å². The maximum Gasteiger partial charge on any atom is 0.335 e. The minimum Gasteiger partial charge on any atom is -0.464 e. The molecule has 88 valence electrons. The summed E-state index contributed by atoms with van der Waals surface area (Å²) in [4.78, 5) is 11.4. The van der Waals surface area contributed by atoms with Gasteiger partial charge in [0, 0.05) is 6.61 Å². The van der Waals surface area contributed by atoms with Crippen molar-refractivity contribution in [2.75, 3.05) is 13.2 Å². The van der Waals surface area contributed by atoms with E-state index in [2.05, 4.69) is 6.58 Å². The molecule has 0 aromatic heterocycles. The van der Waals surface area contributed by atoms with Crippen molar-refractivity contribution in [3.8, 4) is 0 Å². The molecule has 0 aromatic carbocycles. The van der Waals surface area contributed by atoms with Crippen LogP contribution in [0.4, 0.5) is 0 Å². The van der Waals surface area contributed by atoms with Gasteiger partial charge in [-0.15, -0.1) is 6.58 Å². The highest BCUT2D eigenvalue weighted by Gasteiger charge is 2.18. The number of esters is 1. The van der Waals surface area contributed by atoms with Gasteiger partial charge in [-0.25, -0.2) is 4.79 Å². The number of allylic oxidation sites excluding steroid dienone is 1. The third kappa shape index (κ3) is 7.14. The van der Waals surface area contributed by atoms with E-state index in [1.807, 2.05) is 13.0 Å². The van der Waals surface area contributed by atoms with Crippen LogP contribution in [0.15, 0.2) is 12.7 Å². The first-order valence-corrected chi connectivity index (χ1v) is 5.65. The lowest BCUT2D eigenvalue weighted by atomic mass is 10.2. The number of hydrogen-bond donors (Lipinski definition) is 0. The molecule has 0 N–H and O–H groups in total. The van der Waals surface area contributed by atoms with Crippen LogP contribution in [-0.4, -0.2) is 25.3 Å². The average Bonchev–Trinajstić information content (AvgIpc) is 2.23. The lowest BCUT2D eigenvalue weighted by Gasteiger charge is -2.15. The van der Waals surface area contributed by atoms with Crippen LogP contribution in [-0.2, 0) is 14.3 Å². The smallest absolute Gasteiger partial charge is 0.335 e. The summed E-state index contributed by atoms with van der Waals surface area (Å²) in [5.74, 6) is -0.238. The van der Waals surface area contributed by atoms with E-state index < -0.39 is 0 Å². The Morgan fingerprint density at radius 3 is 2.73 bits per heavy atom. The second-order valence-corrected chi connectivity index (χ2v) is 3.33. The second kappa shape index (κ2) is 9.71. The fourth-order valence-electron chi connectivity index (χ4n) is 1.22. The van der Waals surface area contributed by atoms with Crippen LogP contribution in [0, 0.1) is 0 Å². The summed E-state index contributed by atoms with van der Waals surface area (Å²) in [5, 5.41) is 0. The third-order valence-corrected chi connectivity index (χ3v) is 1.97. The molecule has 0 radical (unpaired) electrons. The van der Waals surface area contributed by atoms with Crippen molar-refractivity contribution in [3.63, 3.8) is 0 Å². The quantitative estimate of drug-likeness (QED) is 0.336. The van der Waals surface area contributed by atoms with Gasteiger partial charge in [0.1, 0.15) is 0 Å². The fourth-order valence-corrected chi connectivity index (χ4v) is 1.22. The molecule has 3 nitrogen and oxygen atoms in total. The molecule has 0 saturated carbocycles. The molecule has 15 heavy (non-hydrogen) atoms. The topological polar surface area (TPSA) is 35.5 Å². The van der Waals surface area contributed by atoms with Gasteiger partial charge in [0.25, 0.3) is 0 Å². The van der Waals surface area contributed by atoms with Gasteiger partial charge in [0.05, 0.1) is 6.61 Å². The van der Waals surface area contributed by atoms with Crippen molar-refractivity contribution in [2.24, 2.45) is 0 Å². The maximum absolute atomic E-state index is 11.4. The minimum atomic E-state index is -0.389. The van der Waals surface area contributed by atoms with E-state index in [0.29, 0.717) is 13.2 Å². The van der Waals surface area contributed by atoms with E-state index in [9.17, 15) is 4.79 Å². The van der Waals surface area contributed by atoms with Crippen LogP contribution in [0.5, 0.6) is 0 Å². The lowest BCUT2D eigenvalue weighted by Crippen LogP contribution is -2.26. The van der Waals surface area contributed by atoms with E-state index >= 15 is 0 Å². The molecule has 0 aromatic rings.